The number of hydrogen-bond acceptors (Lipinski definition) is 1. The Morgan fingerprint density at radius 3 is 1.58 bits per heavy atom. The number of piperidine rings is 1. The second kappa shape index (κ2) is 3.74. The summed E-state index contributed by atoms with van der Waals surface area (Å²) < 4.78 is 0. The monoisotopic (exact) mass is 163 g/mol. The quantitative estimate of drug-likeness (QED) is 0.538. The second-order valence-corrected chi connectivity index (χ2v) is 5.41. The first kappa shape index (κ1) is 12.6. The summed E-state index contributed by atoms with van der Waals surface area (Å²) in [4.78, 5) is 0. The van der Waals surface area contributed by atoms with Crippen LogP contribution in [0.4, 0.5) is 0 Å². The van der Waals surface area contributed by atoms with Gasteiger partial charge in [0.05, 0.1) is 0 Å². The molecule has 0 radical (unpaired) electrons. The molecule has 1 heterocycles. The Morgan fingerprint density at radius 1 is 1.00 bits per heavy atom. The molecule has 2 heteroatoms. The van der Waals surface area contributed by atoms with E-state index in [4.69, 9.17) is 0 Å². The van der Waals surface area contributed by atoms with Crippen LogP contribution in [0, 0.1) is 5.92 Å². The van der Waals surface area contributed by atoms with E-state index in [9.17, 15) is 0 Å². The van der Waals surface area contributed by atoms with Crippen LogP contribution in [0.15, 0.2) is 0 Å². The van der Waals surface area contributed by atoms with E-state index in [1.807, 2.05) is 0 Å². The molecule has 12 heavy (non-hydrogen) atoms. The van der Waals surface area contributed by atoms with Gasteiger partial charge in [0.2, 0.25) is 0 Å². The summed E-state index contributed by atoms with van der Waals surface area (Å²) >= 11 is 0. The molecule has 1 N–H and O–H groups in total. The first-order chi connectivity index (χ1) is 4.81. The van der Waals surface area contributed by atoms with Crippen molar-refractivity contribution in [2.75, 3.05) is 0 Å². The van der Waals surface area contributed by atoms with Gasteiger partial charge < -0.3 is 5.32 Å². The zero-order valence-corrected chi connectivity index (χ0v) is 8.49. The molecule has 1 fully saturated rings. The molecule has 0 bridgehead atoms. The molecule has 1 aliphatic heterocycles. The van der Waals surface area contributed by atoms with Crippen LogP contribution in [0.25, 0.3) is 0 Å². The van der Waals surface area contributed by atoms with Crippen molar-refractivity contribution in [3.05, 3.63) is 0 Å². The van der Waals surface area contributed by atoms with Gasteiger partial charge in [0.15, 0.2) is 0 Å². The van der Waals surface area contributed by atoms with Gasteiger partial charge in [-0.15, -0.1) is 0 Å². The van der Waals surface area contributed by atoms with E-state index in [0.29, 0.717) is 11.1 Å². The summed E-state index contributed by atoms with van der Waals surface area (Å²) in [6.45, 7) is 11.5. The van der Waals surface area contributed by atoms with Crippen molar-refractivity contribution >= 4 is 18.9 Å². The Hall–Kier alpha value is 0.557. The molecule has 1 nitrogen and oxygen atoms in total. The van der Waals surface area contributed by atoms with Crippen molar-refractivity contribution in [2.24, 2.45) is 5.92 Å². The Labute approximate surface area is 88.9 Å². The Morgan fingerprint density at radius 2 is 1.33 bits per heavy atom. The van der Waals surface area contributed by atoms with E-state index in [-0.39, 0.29) is 18.9 Å². The van der Waals surface area contributed by atoms with Crippen LogP contribution in [-0.4, -0.2) is 29.9 Å². The zero-order valence-electron chi connectivity index (χ0n) is 8.49. The Bertz CT molecular complexity index is 136. The van der Waals surface area contributed by atoms with Crippen LogP contribution >= 0.6 is 0 Å². The predicted molar refractivity (Wildman–Crippen MR) is 56.8 cm³/mol. The topological polar surface area (TPSA) is 12.0 Å². The van der Waals surface area contributed by atoms with Crippen molar-refractivity contribution in [3.63, 3.8) is 0 Å². The minimum atomic E-state index is 0. The van der Waals surface area contributed by atoms with Crippen molar-refractivity contribution in [3.8, 4) is 0 Å². The van der Waals surface area contributed by atoms with Gasteiger partial charge in [0.25, 0.3) is 0 Å². The van der Waals surface area contributed by atoms with Gasteiger partial charge in [-0.05, 0) is 46.5 Å². The summed E-state index contributed by atoms with van der Waals surface area (Å²) in [5.74, 6) is 0.862. The molecule has 0 aromatic heterocycles. The van der Waals surface area contributed by atoms with Crippen LogP contribution < -0.4 is 5.32 Å². The first-order valence-electron chi connectivity index (χ1n) is 4.60. The van der Waals surface area contributed by atoms with Crippen molar-refractivity contribution in [1.82, 2.24) is 5.32 Å². The summed E-state index contributed by atoms with van der Waals surface area (Å²) in [6.07, 6.45) is 2.60. The summed E-state index contributed by atoms with van der Waals surface area (Å²) in [6, 6.07) is 0. The molecular formula is C10H22LiN. The average molecular weight is 163 g/mol. The predicted octanol–water partition coefficient (Wildman–Crippen LogP) is 1.91. The van der Waals surface area contributed by atoms with Crippen LogP contribution in [0.3, 0.4) is 0 Å². The fourth-order valence-corrected chi connectivity index (χ4v) is 2.83. The standard InChI is InChI=1S/C10H21N.Li.H/c1-8-6-9(2,3)11-10(4,5)7-8;;/h8,11H,6-7H2,1-5H3;;. The summed E-state index contributed by atoms with van der Waals surface area (Å²) in [7, 11) is 0. The van der Waals surface area contributed by atoms with Gasteiger partial charge >= 0.3 is 18.9 Å². The van der Waals surface area contributed by atoms with Crippen LogP contribution in [0.2, 0.25) is 0 Å². The van der Waals surface area contributed by atoms with Gasteiger partial charge in [-0.3, -0.25) is 0 Å². The summed E-state index contributed by atoms with van der Waals surface area (Å²) in [5, 5.41) is 3.66. The van der Waals surface area contributed by atoms with Gasteiger partial charge in [-0.1, -0.05) is 6.92 Å². The van der Waals surface area contributed by atoms with E-state index in [0.717, 1.165) is 5.92 Å². The molecule has 0 amide bonds. The Kier molecular flexibility index (Phi) is 3.91. The van der Waals surface area contributed by atoms with Gasteiger partial charge in [-0.2, -0.15) is 0 Å². The molecule has 1 saturated heterocycles. The number of rotatable bonds is 0. The molecule has 1 rings (SSSR count). The van der Waals surface area contributed by atoms with E-state index in [2.05, 4.69) is 39.9 Å². The third-order valence-corrected chi connectivity index (χ3v) is 2.39. The van der Waals surface area contributed by atoms with E-state index < -0.39 is 0 Å². The Balaban J connectivity index is 0.00000121. The molecule has 0 atom stereocenters. The first-order valence-corrected chi connectivity index (χ1v) is 4.60. The van der Waals surface area contributed by atoms with E-state index in [1.54, 1.807) is 0 Å². The third-order valence-electron chi connectivity index (χ3n) is 2.39. The van der Waals surface area contributed by atoms with Gasteiger partial charge in [0, 0.05) is 11.1 Å². The minimum absolute atomic E-state index is 0. The maximum atomic E-state index is 3.66. The molecule has 0 spiro atoms. The molecule has 0 saturated carbocycles. The van der Waals surface area contributed by atoms with Crippen LogP contribution in [-0.2, 0) is 0 Å². The van der Waals surface area contributed by atoms with E-state index in [1.165, 1.54) is 12.8 Å². The van der Waals surface area contributed by atoms with Crippen LogP contribution in [0.5, 0.6) is 0 Å². The van der Waals surface area contributed by atoms with Gasteiger partial charge in [-0.25, -0.2) is 0 Å². The zero-order chi connectivity index (χ0) is 8.70. The molecule has 68 valence electrons. The van der Waals surface area contributed by atoms with Crippen molar-refractivity contribution in [1.29, 1.82) is 0 Å². The van der Waals surface area contributed by atoms with E-state index >= 15 is 0 Å². The molecule has 0 unspecified atom stereocenters. The average Bonchev–Trinajstić information content (AvgIpc) is 1.49. The molecule has 1 aliphatic rings. The fourth-order valence-electron chi connectivity index (χ4n) is 2.83. The van der Waals surface area contributed by atoms with Gasteiger partial charge in [0.1, 0.15) is 0 Å². The van der Waals surface area contributed by atoms with Crippen molar-refractivity contribution in [2.45, 2.75) is 58.5 Å². The molecule has 0 aliphatic carbocycles. The third kappa shape index (κ3) is 3.52. The molecular weight excluding hydrogens is 141 g/mol. The number of nitrogens with one attached hydrogen (secondary N) is 1. The maximum absolute atomic E-state index is 3.66. The normalized spacial score (nSPS) is 27.8. The van der Waals surface area contributed by atoms with Crippen molar-refractivity contribution < 1.29 is 0 Å². The fraction of sp³-hybridized carbons (Fsp3) is 1.00. The molecule has 0 aromatic rings. The molecule has 0 aromatic carbocycles. The summed E-state index contributed by atoms with van der Waals surface area (Å²) in [5.41, 5.74) is 0.669. The SMILES string of the molecule is CC1CC(C)(C)NC(C)(C)C1.[LiH]. The second-order valence-electron chi connectivity index (χ2n) is 5.41. The van der Waals surface area contributed by atoms with Crippen LogP contribution in [0.1, 0.15) is 47.5 Å². The number of hydrogen-bond donors (Lipinski definition) is 1.